The van der Waals surface area contributed by atoms with Gasteiger partial charge in [-0.1, -0.05) is 0 Å². The van der Waals surface area contributed by atoms with E-state index in [0.29, 0.717) is 6.61 Å². The fourth-order valence-corrected chi connectivity index (χ4v) is 1.61. The number of esters is 1. The highest BCUT2D eigenvalue weighted by atomic mass is 16.5. The molecule has 1 N–H and O–H groups in total. The van der Waals surface area contributed by atoms with Crippen LogP contribution in [0.25, 0.3) is 0 Å². The first-order chi connectivity index (χ1) is 7.31. The molecule has 0 saturated carbocycles. The van der Waals surface area contributed by atoms with E-state index in [1.165, 1.54) is 0 Å². The standard InChI is InChI=1S/C12H26N2O2/c1-7-16-11(15)12(4,13-10(2)3)8-9-14(5)6/h10,13H,7-9H2,1-6H3. The monoisotopic (exact) mass is 230 g/mol. The molecule has 0 aliphatic carbocycles. The molecule has 0 bridgehead atoms. The zero-order valence-corrected chi connectivity index (χ0v) is 11.5. The molecular weight excluding hydrogens is 204 g/mol. The zero-order valence-electron chi connectivity index (χ0n) is 11.5. The second kappa shape index (κ2) is 6.86. The van der Waals surface area contributed by atoms with Crippen LogP contribution in [0.1, 0.15) is 34.1 Å². The summed E-state index contributed by atoms with van der Waals surface area (Å²) in [5.74, 6) is -0.162. The van der Waals surface area contributed by atoms with Crippen molar-refractivity contribution in [2.24, 2.45) is 0 Å². The summed E-state index contributed by atoms with van der Waals surface area (Å²) in [6, 6.07) is 0.261. The fraction of sp³-hybridized carbons (Fsp3) is 0.917. The van der Waals surface area contributed by atoms with E-state index in [2.05, 4.69) is 10.2 Å². The maximum atomic E-state index is 11.9. The van der Waals surface area contributed by atoms with Gasteiger partial charge in [0.25, 0.3) is 0 Å². The molecule has 0 radical (unpaired) electrons. The number of ether oxygens (including phenoxy) is 1. The van der Waals surface area contributed by atoms with E-state index in [1.54, 1.807) is 0 Å². The predicted octanol–water partition coefficient (Wildman–Crippen LogP) is 1.26. The lowest BCUT2D eigenvalue weighted by Crippen LogP contribution is -2.54. The van der Waals surface area contributed by atoms with E-state index in [9.17, 15) is 4.79 Å². The van der Waals surface area contributed by atoms with E-state index in [4.69, 9.17) is 4.74 Å². The van der Waals surface area contributed by atoms with Crippen LogP contribution in [-0.4, -0.2) is 49.7 Å². The van der Waals surface area contributed by atoms with Crippen molar-refractivity contribution >= 4 is 5.97 Å². The van der Waals surface area contributed by atoms with Crippen molar-refractivity contribution in [2.75, 3.05) is 27.2 Å². The number of hydrogen-bond acceptors (Lipinski definition) is 4. The quantitative estimate of drug-likeness (QED) is 0.669. The first-order valence-electron chi connectivity index (χ1n) is 5.91. The first-order valence-corrected chi connectivity index (χ1v) is 5.91. The van der Waals surface area contributed by atoms with E-state index in [0.717, 1.165) is 13.0 Å². The molecule has 0 aromatic carbocycles. The van der Waals surface area contributed by atoms with Gasteiger partial charge in [0.15, 0.2) is 0 Å². The highest BCUT2D eigenvalue weighted by Crippen LogP contribution is 2.14. The summed E-state index contributed by atoms with van der Waals surface area (Å²) in [5, 5.41) is 3.29. The van der Waals surface area contributed by atoms with Gasteiger partial charge in [0.2, 0.25) is 0 Å². The lowest BCUT2D eigenvalue weighted by Gasteiger charge is -2.31. The van der Waals surface area contributed by atoms with E-state index >= 15 is 0 Å². The minimum atomic E-state index is -0.589. The van der Waals surface area contributed by atoms with Crippen LogP contribution in [0.15, 0.2) is 0 Å². The molecule has 0 amide bonds. The Bertz CT molecular complexity index is 217. The van der Waals surface area contributed by atoms with Gasteiger partial charge in [-0.05, 0) is 54.8 Å². The van der Waals surface area contributed by atoms with Crippen molar-refractivity contribution in [3.05, 3.63) is 0 Å². The number of carbonyl (C=O) groups excluding carboxylic acids is 1. The average molecular weight is 230 g/mol. The Balaban J connectivity index is 4.53. The summed E-state index contributed by atoms with van der Waals surface area (Å²) in [6.45, 7) is 9.10. The summed E-state index contributed by atoms with van der Waals surface area (Å²) < 4.78 is 5.12. The Morgan fingerprint density at radius 2 is 2.00 bits per heavy atom. The van der Waals surface area contributed by atoms with Gasteiger partial charge in [0.05, 0.1) is 6.61 Å². The van der Waals surface area contributed by atoms with Crippen molar-refractivity contribution in [2.45, 2.75) is 45.7 Å². The molecule has 1 atom stereocenters. The summed E-state index contributed by atoms with van der Waals surface area (Å²) in [5.41, 5.74) is -0.589. The molecule has 4 heteroatoms. The molecule has 1 unspecified atom stereocenters. The van der Waals surface area contributed by atoms with Crippen molar-refractivity contribution < 1.29 is 9.53 Å². The minimum absolute atomic E-state index is 0.162. The van der Waals surface area contributed by atoms with Crippen LogP contribution in [0.4, 0.5) is 0 Å². The van der Waals surface area contributed by atoms with Gasteiger partial charge < -0.3 is 9.64 Å². The number of carbonyl (C=O) groups is 1. The van der Waals surface area contributed by atoms with Crippen molar-refractivity contribution in [3.63, 3.8) is 0 Å². The second-order valence-corrected chi connectivity index (χ2v) is 4.90. The molecule has 0 aliphatic rings. The van der Waals surface area contributed by atoms with Crippen LogP contribution >= 0.6 is 0 Å². The molecule has 0 aromatic rings. The largest absolute Gasteiger partial charge is 0.465 e. The molecule has 16 heavy (non-hydrogen) atoms. The van der Waals surface area contributed by atoms with Crippen LogP contribution in [0.2, 0.25) is 0 Å². The van der Waals surface area contributed by atoms with Crippen molar-refractivity contribution in [1.29, 1.82) is 0 Å². The van der Waals surface area contributed by atoms with Gasteiger partial charge >= 0.3 is 5.97 Å². The number of hydrogen-bond donors (Lipinski definition) is 1. The van der Waals surface area contributed by atoms with Crippen molar-refractivity contribution in [3.8, 4) is 0 Å². The highest BCUT2D eigenvalue weighted by molar-refractivity contribution is 5.80. The molecule has 0 heterocycles. The normalized spacial score (nSPS) is 15.2. The number of nitrogens with zero attached hydrogens (tertiary/aromatic N) is 1. The van der Waals surface area contributed by atoms with E-state index in [1.807, 2.05) is 41.8 Å². The van der Waals surface area contributed by atoms with Crippen LogP contribution in [0.5, 0.6) is 0 Å². The Morgan fingerprint density at radius 1 is 1.44 bits per heavy atom. The van der Waals surface area contributed by atoms with E-state index in [-0.39, 0.29) is 12.0 Å². The highest BCUT2D eigenvalue weighted by Gasteiger charge is 2.34. The van der Waals surface area contributed by atoms with Crippen LogP contribution < -0.4 is 5.32 Å². The van der Waals surface area contributed by atoms with Crippen LogP contribution in [0.3, 0.4) is 0 Å². The topological polar surface area (TPSA) is 41.6 Å². The van der Waals surface area contributed by atoms with Crippen molar-refractivity contribution in [1.82, 2.24) is 10.2 Å². The third-order valence-electron chi connectivity index (χ3n) is 2.39. The third kappa shape index (κ3) is 5.47. The maximum Gasteiger partial charge on any atom is 0.326 e. The predicted molar refractivity (Wildman–Crippen MR) is 66.5 cm³/mol. The van der Waals surface area contributed by atoms with Gasteiger partial charge in [0, 0.05) is 6.04 Å². The Labute approximate surface area is 99.3 Å². The molecule has 0 spiro atoms. The minimum Gasteiger partial charge on any atom is -0.465 e. The van der Waals surface area contributed by atoms with Crippen LogP contribution in [0, 0.1) is 0 Å². The molecule has 0 saturated heterocycles. The second-order valence-electron chi connectivity index (χ2n) is 4.90. The SMILES string of the molecule is CCOC(=O)C(C)(CCN(C)C)NC(C)C. The van der Waals surface area contributed by atoms with Gasteiger partial charge in [0.1, 0.15) is 5.54 Å². The fourth-order valence-electron chi connectivity index (χ4n) is 1.61. The Kier molecular flexibility index (Phi) is 6.60. The smallest absolute Gasteiger partial charge is 0.326 e. The van der Waals surface area contributed by atoms with Gasteiger partial charge in [-0.25, -0.2) is 0 Å². The van der Waals surface area contributed by atoms with Gasteiger partial charge in [-0.3, -0.25) is 10.1 Å². The molecule has 96 valence electrons. The third-order valence-corrected chi connectivity index (χ3v) is 2.39. The zero-order chi connectivity index (χ0) is 12.8. The number of nitrogens with one attached hydrogen (secondary N) is 1. The first kappa shape index (κ1) is 15.4. The summed E-state index contributed by atoms with van der Waals surface area (Å²) in [4.78, 5) is 14.0. The maximum absolute atomic E-state index is 11.9. The van der Waals surface area contributed by atoms with Gasteiger partial charge in [-0.15, -0.1) is 0 Å². The number of rotatable bonds is 7. The Hall–Kier alpha value is -0.610. The summed E-state index contributed by atoms with van der Waals surface area (Å²) >= 11 is 0. The molecule has 0 aliphatic heterocycles. The average Bonchev–Trinajstić information content (AvgIpc) is 2.14. The molecule has 0 aromatic heterocycles. The molecule has 4 nitrogen and oxygen atoms in total. The molecule has 0 rings (SSSR count). The molecular formula is C12H26N2O2. The lowest BCUT2D eigenvalue weighted by atomic mass is 9.96. The summed E-state index contributed by atoms with van der Waals surface area (Å²) in [7, 11) is 4.00. The Morgan fingerprint density at radius 3 is 2.38 bits per heavy atom. The summed E-state index contributed by atoms with van der Waals surface area (Å²) in [6.07, 6.45) is 0.747. The molecule has 0 fully saturated rings. The van der Waals surface area contributed by atoms with Crippen LogP contribution in [-0.2, 0) is 9.53 Å². The lowest BCUT2D eigenvalue weighted by molar-refractivity contribution is -0.151. The van der Waals surface area contributed by atoms with Gasteiger partial charge in [-0.2, -0.15) is 0 Å². The van der Waals surface area contributed by atoms with E-state index < -0.39 is 5.54 Å².